The van der Waals surface area contributed by atoms with Gasteiger partial charge in [-0.1, -0.05) is 94.1 Å². The Morgan fingerprint density at radius 2 is 0.794 bits per heavy atom. The number of benzene rings is 4. The van der Waals surface area contributed by atoms with E-state index in [0.29, 0.717) is 19.8 Å². The minimum absolute atomic E-state index is 0.404. The van der Waals surface area contributed by atoms with Gasteiger partial charge in [0.1, 0.15) is 37.1 Å². The molecule has 4 rings (SSSR count). The summed E-state index contributed by atoms with van der Waals surface area (Å²) in [5.41, 5.74) is 3.10. The normalized spacial score (nSPS) is 10.7. The van der Waals surface area contributed by atoms with E-state index in [2.05, 4.69) is 69.8 Å². The Bertz CT molecular complexity index is 1150. The first-order valence-electron chi connectivity index (χ1n) is 10.4. The number of ether oxygens (including phenoxy) is 3. The molecule has 34 heavy (non-hydrogen) atoms. The Morgan fingerprint density at radius 1 is 0.412 bits per heavy atom. The van der Waals surface area contributed by atoms with Crippen LogP contribution in [-0.4, -0.2) is 0 Å². The molecule has 0 heterocycles. The van der Waals surface area contributed by atoms with Gasteiger partial charge in [0.2, 0.25) is 0 Å². The second-order valence-electron chi connectivity index (χ2n) is 7.55. The van der Waals surface area contributed by atoms with Crippen molar-refractivity contribution in [1.82, 2.24) is 0 Å². The Kier molecular flexibility index (Phi) is 9.11. The van der Waals surface area contributed by atoms with Crippen LogP contribution < -0.4 is 14.2 Å². The highest BCUT2D eigenvalue weighted by molar-refractivity contribution is 9.11. The summed E-state index contributed by atoms with van der Waals surface area (Å²) in [5, 5.41) is 0. The quantitative estimate of drug-likeness (QED) is 0.173. The van der Waals surface area contributed by atoms with E-state index >= 15 is 0 Å². The van der Waals surface area contributed by atoms with Gasteiger partial charge in [0, 0.05) is 17.9 Å². The highest BCUT2D eigenvalue weighted by Gasteiger charge is 2.07. The second-order valence-corrected chi connectivity index (χ2v) is 11.2. The Hall–Kier alpha value is -1.80. The van der Waals surface area contributed by atoms with E-state index in [-0.39, 0.29) is 0 Å². The van der Waals surface area contributed by atoms with Gasteiger partial charge in [0.15, 0.2) is 0 Å². The van der Waals surface area contributed by atoms with Crippen LogP contribution in [0.2, 0.25) is 0 Å². The van der Waals surface area contributed by atoms with Gasteiger partial charge in [0.05, 0.1) is 0 Å². The molecule has 0 saturated heterocycles. The lowest BCUT2D eigenvalue weighted by atomic mass is 10.1. The summed E-state index contributed by atoms with van der Waals surface area (Å²) in [6.45, 7) is 1.30. The van der Waals surface area contributed by atoms with Gasteiger partial charge in [0.25, 0.3) is 0 Å². The fraction of sp³-hybridized carbons (Fsp3) is 0.111. The van der Waals surface area contributed by atoms with Crippen molar-refractivity contribution in [1.29, 1.82) is 0 Å². The SMILES string of the molecule is Brc1cc(Br)cc(OCc2cc(COc3cc(Br)cc(Br)c3)cc(OCc3ccccc3)c2)c1. The van der Waals surface area contributed by atoms with E-state index in [1.807, 2.05) is 78.9 Å². The third kappa shape index (κ3) is 7.87. The van der Waals surface area contributed by atoms with Crippen molar-refractivity contribution in [3.05, 3.63) is 120 Å². The summed E-state index contributed by atoms with van der Waals surface area (Å²) >= 11 is 14.0. The molecule has 4 aromatic carbocycles. The van der Waals surface area contributed by atoms with Gasteiger partial charge in [-0.25, -0.2) is 0 Å². The molecule has 7 heteroatoms. The summed E-state index contributed by atoms with van der Waals surface area (Å²) in [4.78, 5) is 0. The van der Waals surface area contributed by atoms with Gasteiger partial charge in [-0.2, -0.15) is 0 Å². The van der Waals surface area contributed by atoms with Gasteiger partial charge in [-0.3, -0.25) is 0 Å². The molecule has 0 bridgehead atoms. The third-order valence-corrected chi connectivity index (χ3v) is 6.59. The van der Waals surface area contributed by atoms with Crippen LogP contribution in [0.3, 0.4) is 0 Å². The maximum absolute atomic E-state index is 6.11. The van der Waals surface area contributed by atoms with Crippen LogP contribution in [0.25, 0.3) is 0 Å². The van der Waals surface area contributed by atoms with E-state index < -0.39 is 0 Å². The van der Waals surface area contributed by atoms with Crippen molar-refractivity contribution in [2.75, 3.05) is 0 Å². The molecular formula is C27H20Br4O3. The lowest BCUT2D eigenvalue weighted by Gasteiger charge is -2.14. The molecule has 3 nitrogen and oxygen atoms in total. The smallest absolute Gasteiger partial charge is 0.122 e. The third-order valence-electron chi connectivity index (χ3n) is 4.76. The maximum atomic E-state index is 6.11. The molecule has 0 unspecified atom stereocenters. The average molecular weight is 712 g/mol. The first-order valence-corrected chi connectivity index (χ1v) is 13.6. The van der Waals surface area contributed by atoms with Gasteiger partial charge < -0.3 is 14.2 Å². The molecule has 0 N–H and O–H groups in total. The molecule has 0 aliphatic rings. The maximum Gasteiger partial charge on any atom is 0.122 e. The van der Waals surface area contributed by atoms with Crippen molar-refractivity contribution in [2.24, 2.45) is 0 Å². The molecule has 0 atom stereocenters. The van der Waals surface area contributed by atoms with E-state index in [9.17, 15) is 0 Å². The monoisotopic (exact) mass is 708 g/mol. The van der Waals surface area contributed by atoms with Gasteiger partial charge >= 0.3 is 0 Å². The number of halogens is 4. The van der Waals surface area contributed by atoms with Crippen LogP contribution in [0.5, 0.6) is 17.2 Å². The van der Waals surface area contributed by atoms with Crippen molar-refractivity contribution >= 4 is 63.7 Å². The Labute approximate surface area is 233 Å². The van der Waals surface area contributed by atoms with E-state index in [1.165, 1.54) is 0 Å². The zero-order valence-corrected chi connectivity index (χ0v) is 24.3. The zero-order valence-electron chi connectivity index (χ0n) is 17.9. The highest BCUT2D eigenvalue weighted by Crippen LogP contribution is 2.28. The number of rotatable bonds is 9. The Balaban J connectivity index is 1.52. The standard InChI is InChI=1S/C27H20Br4O3/c28-21-9-22(29)12-26(11-21)33-16-19-6-20(17-34-27-13-23(30)10-24(31)14-27)8-25(7-19)32-15-18-4-2-1-3-5-18/h1-14H,15-17H2. The number of hydrogen-bond acceptors (Lipinski definition) is 3. The molecule has 0 aromatic heterocycles. The molecule has 0 fully saturated rings. The van der Waals surface area contributed by atoms with Crippen molar-refractivity contribution in [2.45, 2.75) is 19.8 Å². The fourth-order valence-electron chi connectivity index (χ4n) is 3.28. The lowest BCUT2D eigenvalue weighted by Crippen LogP contribution is -2.02. The van der Waals surface area contributed by atoms with E-state index in [4.69, 9.17) is 14.2 Å². The lowest BCUT2D eigenvalue weighted by molar-refractivity contribution is 0.288. The Morgan fingerprint density at radius 3 is 1.24 bits per heavy atom. The van der Waals surface area contributed by atoms with Crippen LogP contribution in [0.15, 0.2) is 103 Å². The number of hydrogen-bond donors (Lipinski definition) is 0. The van der Waals surface area contributed by atoms with Crippen molar-refractivity contribution in [3.63, 3.8) is 0 Å². The zero-order chi connectivity index (χ0) is 23.9. The molecule has 0 saturated carbocycles. The van der Waals surface area contributed by atoms with Crippen LogP contribution in [0.4, 0.5) is 0 Å². The van der Waals surface area contributed by atoms with Crippen LogP contribution >= 0.6 is 63.7 Å². The summed E-state index contributed by atoms with van der Waals surface area (Å²) in [6, 6.07) is 27.9. The predicted octanol–water partition coefficient (Wildman–Crippen LogP) is 9.47. The van der Waals surface area contributed by atoms with Crippen molar-refractivity contribution < 1.29 is 14.2 Å². The molecule has 4 aromatic rings. The van der Waals surface area contributed by atoms with Gasteiger partial charge in [-0.15, -0.1) is 0 Å². The summed E-state index contributed by atoms with van der Waals surface area (Å²) in [6.07, 6.45) is 0. The minimum atomic E-state index is 0.404. The van der Waals surface area contributed by atoms with E-state index in [0.717, 1.165) is 51.8 Å². The summed E-state index contributed by atoms with van der Waals surface area (Å²) in [5.74, 6) is 2.32. The van der Waals surface area contributed by atoms with E-state index in [1.54, 1.807) is 0 Å². The predicted molar refractivity (Wildman–Crippen MR) is 150 cm³/mol. The summed E-state index contributed by atoms with van der Waals surface area (Å²) < 4.78 is 22.0. The van der Waals surface area contributed by atoms with Crippen LogP contribution in [-0.2, 0) is 19.8 Å². The minimum Gasteiger partial charge on any atom is -0.489 e. The van der Waals surface area contributed by atoms with Crippen LogP contribution in [0.1, 0.15) is 16.7 Å². The topological polar surface area (TPSA) is 27.7 Å². The molecule has 0 radical (unpaired) electrons. The highest BCUT2D eigenvalue weighted by atomic mass is 79.9. The van der Waals surface area contributed by atoms with Crippen molar-refractivity contribution in [3.8, 4) is 17.2 Å². The van der Waals surface area contributed by atoms with Crippen LogP contribution in [0, 0.1) is 0 Å². The molecule has 0 spiro atoms. The largest absolute Gasteiger partial charge is 0.489 e. The first kappa shape index (κ1) is 25.3. The molecule has 174 valence electrons. The second kappa shape index (κ2) is 12.2. The van der Waals surface area contributed by atoms with Gasteiger partial charge in [-0.05, 0) is 71.3 Å². The molecule has 0 aliphatic heterocycles. The average Bonchev–Trinajstić information content (AvgIpc) is 2.80. The first-order chi connectivity index (χ1) is 16.4. The summed E-state index contributed by atoms with van der Waals surface area (Å²) in [7, 11) is 0. The molecule has 0 amide bonds. The molecule has 0 aliphatic carbocycles. The molecular weight excluding hydrogens is 692 g/mol. The fourth-order valence-corrected chi connectivity index (χ4v) is 5.78.